The molecule has 0 spiro atoms. The summed E-state index contributed by atoms with van der Waals surface area (Å²) in [6.07, 6.45) is -6.90. The molecule has 0 saturated carbocycles. The Kier molecular flexibility index (Phi) is 5.69. The lowest BCUT2D eigenvalue weighted by atomic mass is 10.1. The maximum atomic E-state index is 13.3. The summed E-state index contributed by atoms with van der Waals surface area (Å²) in [6, 6.07) is 7.33. The summed E-state index contributed by atoms with van der Waals surface area (Å²) in [6.45, 7) is 1.89. The highest BCUT2D eigenvalue weighted by Crippen LogP contribution is 2.38. The zero-order valence-electron chi connectivity index (χ0n) is 18.7. The third kappa shape index (κ3) is 4.06. The van der Waals surface area contributed by atoms with Gasteiger partial charge in [-0.25, -0.2) is 19.5 Å². The molecule has 0 aliphatic carbocycles. The van der Waals surface area contributed by atoms with Gasteiger partial charge in [0, 0.05) is 25.0 Å². The van der Waals surface area contributed by atoms with Gasteiger partial charge in [0.1, 0.15) is 16.4 Å². The molecule has 186 valence electrons. The fourth-order valence-corrected chi connectivity index (χ4v) is 4.63. The van der Waals surface area contributed by atoms with Crippen LogP contribution in [0.1, 0.15) is 18.1 Å². The van der Waals surface area contributed by atoms with Crippen molar-refractivity contribution in [3.05, 3.63) is 59.9 Å². The molecular formula is C23H16F6N6S. The van der Waals surface area contributed by atoms with Gasteiger partial charge in [0.05, 0.1) is 22.4 Å². The quantitative estimate of drug-likeness (QED) is 0.199. The number of halogens is 6. The molecule has 0 bridgehead atoms. The van der Waals surface area contributed by atoms with Gasteiger partial charge in [0.2, 0.25) is 0 Å². The Morgan fingerprint density at radius 1 is 0.917 bits per heavy atom. The van der Waals surface area contributed by atoms with Crippen LogP contribution in [0.15, 0.2) is 53.8 Å². The van der Waals surface area contributed by atoms with E-state index < -0.39 is 23.5 Å². The van der Waals surface area contributed by atoms with Gasteiger partial charge in [-0.15, -0.1) is 11.8 Å². The van der Waals surface area contributed by atoms with Crippen molar-refractivity contribution in [2.75, 3.05) is 5.75 Å². The first-order valence-electron chi connectivity index (χ1n) is 10.6. The lowest BCUT2D eigenvalue weighted by Gasteiger charge is -2.10. The molecule has 5 rings (SSSR count). The van der Waals surface area contributed by atoms with Crippen LogP contribution in [0.5, 0.6) is 0 Å². The van der Waals surface area contributed by atoms with Crippen molar-refractivity contribution in [3.63, 3.8) is 0 Å². The van der Waals surface area contributed by atoms with Crippen LogP contribution in [0.3, 0.4) is 0 Å². The molecule has 0 fully saturated rings. The normalized spacial score (nSPS) is 12.7. The van der Waals surface area contributed by atoms with E-state index in [1.54, 1.807) is 17.7 Å². The minimum atomic E-state index is -4.58. The van der Waals surface area contributed by atoms with Gasteiger partial charge in [-0.1, -0.05) is 19.1 Å². The van der Waals surface area contributed by atoms with Crippen molar-refractivity contribution in [3.8, 4) is 22.6 Å². The molecule has 0 amide bonds. The Labute approximate surface area is 204 Å². The maximum Gasteiger partial charge on any atom is 0.417 e. The van der Waals surface area contributed by atoms with Crippen LogP contribution < -0.4 is 0 Å². The molecule has 4 aromatic heterocycles. The van der Waals surface area contributed by atoms with Crippen molar-refractivity contribution in [2.24, 2.45) is 7.05 Å². The standard InChI is InChI=1S/C23H16F6N6S/c1-3-36-21-17(20-32-15-10-14(23(27,28)29)11-31-18(15)34(20)2)19-30-8-7-16(35(19)33-21)12-5-4-6-13(9-12)22(24,25)26/h4-11H,3H2,1-2H3. The van der Waals surface area contributed by atoms with Crippen LogP contribution in [-0.2, 0) is 19.4 Å². The number of aryl methyl sites for hydroxylation is 1. The lowest BCUT2D eigenvalue weighted by molar-refractivity contribution is -0.138. The van der Waals surface area contributed by atoms with E-state index in [1.807, 2.05) is 6.92 Å². The van der Waals surface area contributed by atoms with E-state index in [0.29, 0.717) is 27.7 Å². The van der Waals surface area contributed by atoms with Crippen molar-refractivity contribution in [2.45, 2.75) is 24.3 Å². The van der Waals surface area contributed by atoms with Gasteiger partial charge in [-0.2, -0.15) is 31.4 Å². The number of hydrogen-bond donors (Lipinski definition) is 0. The number of rotatable bonds is 4. The van der Waals surface area contributed by atoms with Crippen molar-refractivity contribution in [1.82, 2.24) is 29.1 Å². The largest absolute Gasteiger partial charge is 0.417 e. The van der Waals surface area contributed by atoms with E-state index in [-0.39, 0.29) is 22.6 Å². The molecule has 0 N–H and O–H groups in total. The fraction of sp³-hybridized carbons (Fsp3) is 0.217. The zero-order chi connectivity index (χ0) is 25.8. The van der Waals surface area contributed by atoms with Gasteiger partial charge < -0.3 is 4.57 Å². The van der Waals surface area contributed by atoms with Gasteiger partial charge in [-0.05, 0) is 30.0 Å². The highest BCUT2D eigenvalue weighted by atomic mass is 32.2. The van der Waals surface area contributed by atoms with Crippen LogP contribution in [0.25, 0.3) is 39.5 Å². The molecule has 0 atom stereocenters. The summed E-state index contributed by atoms with van der Waals surface area (Å²) in [5, 5.41) is 5.08. The Morgan fingerprint density at radius 2 is 1.67 bits per heavy atom. The van der Waals surface area contributed by atoms with Gasteiger partial charge in [-0.3, -0.25) is 0 Å². The highest BCUT2D eigenvalue weighted by molar-refractivity contribution is 7.99. The molecule has 0 radical (unpaired) electrons. The van der Waals surface area contributed by atoms with E-state index in [1.165, 1.54) is 34.6 Å². The second-order valence-electron chi connectivity index (χ2n) is 7.82. The van der Waals surface area contributed by atoms with Gasteiger partial charge in [0.15, 0.2) is 11.3 Å². The van der Waals surface area contributed by atoms with E-state index in [4.69, 9.17) is 0 Å². The number of fused-ring (bicyclic) bond motifs is 2. The average Bonchev–Trinajstić information content (AvgIpc) is 3.34. The number of nitrogens with zero attached hydrogens (tertiary/aromatic N) is 6. The summed E-state index contributed by atoms with van der Waals surface area (Å²) in [4.78, 5) is 12.8. The molecule has 13 heteroatoms. The molecule has 6 nitrogen and oxygen atoms in total. The summed E-state index contributed by atoms with van der Waals surface area (Å²) in [7, 11) is 1.62. The smallest absolute Gasteiger partial charge is 0.312 e. The van der Waals surface area contributed by atoms with E-state index in [9.17, 15) is 26.3 Å². The average molecular weight is 522 g/mol. The number of hydrogen-bond acceptors (Lipinski definition) is 5. The van der Waals surface area contributed by atoms with E-state index in [2.05, 4.69) is 20.1 Å². The Hall–Kier alpha value is -3.61. The van der Waals surface area contributed by atoms with Crippen LogP contribution in [0, 0.1) is 0 Å². The third-order valence-electron chi connectivity index (χ3n) is 5.51. The van der Waals surface area contributed by atoms with Crippen LogP contribution >= 0.6 is 11.8 Å². The summed E-state index contributed by atoms with van der Waals surface area (Å²) in [5.74, 6) is 0.896. The van der Waals surface area contributed by atoms with Crippen LogP contribution in [0.4, 0.5) is 26.3 Å². The SMILES string of the molecule is CCSc1nn2c(-c3cccc(C(F)(F)F)c3)ccnc2c1-c1nc2cc(C(F)(F)F)cnc2n1C. The van der Waals surface area contributed by atoms with Gasteiger partial charge >= 0.3 is 12.4 Å². The molecule has 1 aromatic carbocycles. The fourth-order valence-electron chi connectivity index (χ4n) is 3.89. The summed E-state index contributed by atoms with van der Waals surface area (Å²) >= 11 is 1.35. The monoisotopic (exact) mass is 522 g/mol. The number of aromatic nitrogens is 6. The predicted octanol–water partition coefficient (Wildman–Crippen LogP) is 6.49. The minimum Gasteiger partial charge on any atom is -0.312 e. The second-order valence-corrected chi connectivity index (χ2v) is 9.07. The second kappa shape index (κ2) is 8.50. The van der Waals surface area contributed by atoms with Crippen molar-refractivity contribution in [1.29, 1.82) is 0 Å². The predicted molar refractivity (Wildman–Crippen MR) is 122 cm³/mol. The van der Waals surface area contributed by atoms with Gasteiger partial charge in [0.25, 0.3) is 0 Å². The van der Waals surface area contributed by atoms with Crippen molar-refractivity contribution >= 4 is 28.6 Å². The molecule has 0 saturated heterocycles. The number of pyridine rings is 1. The topological polar surface area (TPSA) is 60.9 Å². The number of alkyl halides is 6. The van der Waals surface area contributed by atoms with Crippen LogP contribution in [-0.4, -0.2) is 34.9 Å². The molecule has 36 heavy (non-hydrogen) atoms. The molecule has 0 unspecified atom stereocenters. The first-order valence-corrected chi connectivity index (χ1v) is 11.6. The third-order valence-corrected chi connectivity index (χ3v) is 6.36. The molecule has 4 heterocycles. The van der Waals surface area contributed by atoms with Crippen LogP contribution in [0.2, 0.25) is 0 Å². The zero-order valence-corrected chi connectivity index (χ0v) is 19.5. The Balaban J connectivity index is 1.75. The lowest BCUT2D eigenvalue weighted by Crippen LogP contribution is -2.05. The Morgan fingerprint density at radius 3 is 2.36 bits per heavy atom. The molecule has 0 aliphatic rings. The Bertz CT molecular complexity index is 1600. The molecule has 0 aliphatic heterocycles. The first kappa shape index (κ1) is 24.1. The number of benzene rings is 1. The first-order chi connectivity index (χ1) is 17.0. The highest BCUT2D eigenvalue weighted by Gasteiger charge is 2.33. The molecule has 5 aromatic rings. The minimum absolute atomic E-state index is 0.0446. The maximum absolute atomic E-state index is 13.3. The number of imidazole rings is 1. The number of thioether (sulfide) groups is 1. The van der Waals surface area contributed by atoms with Crippen molar-refractivity contribution < 1.29 is 26.3 Å². The van der Waals surface area contributed by atoms with E-state index >= 15 is 0 Å². The summed E-state index contributed by atoms with van der Waals surface area (Å²) in [5.41, 5.74) is -0.0515. The molecular weight excluding hydrogens is 506 g/mol. The van der Waals surface area contributed by atoms with E-state index in [0.717, 1.165) is 24.4 Å². The summed E-state index contributed by atoms with van der Waals surface area (Å²) < 4.78 is 82.5.